The summed E-state index contributed by atoms with van der Waals surface area (Å²) in [6.07, 6.45) is 0.235. The van der Waals surface area contributed by atoms with Gasteiger partial charge in [0.05, 0.1) is 6.10 Å². The first-order valence-electron chi connectivity index (χ1n) is 5.99. The van der Waals surface area contributed by atoms with Gasteiger partial charge in [-0.05, 0) is 19.4 Å². The molecule has 0 bridgehead atoms. The molecule has 2 atom stereocenters. The number of aliphatic hydroxyl groups is 1. The molecule has 102 valence electrons. The average molecular weight is 259 g/mol. The maximum Gasteiger partial charge on any atom is 0.387 e. The van der Waals surface area contributed by atoms with E-state index in [1.54, 1.807) is 25.1 Å². The molecule has 0 amide bonds. The number of hydrogen-bond donors (Lipinski definition) is 2. The van der Waals surface area contributed by atoms with Crippen molar-refractivity contribution in [2.24, 2.45) is 0 Å². The van der Waals surface area contributed by atoms with E-state index in [0.717, 1.165) is 6.42 Å². The molecule has 18 heavy (non-hydrogen) atoms. The summed E-state index contributed by atoms with van der Waals surface area (Å²) in [4.78, 5) is 0. The third-order valence-corrected chi connectivity index (χ3v) is 2.58. The molecule has 0 spiro atoms. The zero-order valence-electron chi connectivity index (χ0n) is 10.6. The highest BCUT2D eigenvalue weighted by Crippen LogP contribution is 2.28. The minimum atomic E-state index is -2.83. The Morgan fingerprint density at radius 1 is 1.33 bits per heavy atom. The van der Waals surface area contributed by atoms with Crippen LogP contribution in [0.4, 0.5) is 8.78 Å². The zero-order valence-corrected chi connectivity index (χ0v) is 10.6. The Morgan fingerprint density at radius 3 is 2.56 bits per heavy atom. The minimum Gasteiger partial charge on any atom is -0.434 e. The number of aliphatic hydroxyl groups excluding tert-OH is 1. The smallest absolute Gasteiger partial charge is 0.387 e. The van der Waals surface area contributed by atoms with Crippen LogP contribution in [0.1, 0.15) is 31.9 Å². The van der Waals surface area contributed by atoms with E-state index in [0.29, 0.717) is 12.1 Å². The molecule has 3 nitrogen and oxygen atoms in total. The highest BCUT2D eigenvalue weighted by Gasteiger charge is 2.16. The first-order valence-corrected chi connectivity index (χ1v) is 5.99. The lowest BCUT2D eigenvalue weighted by Crippen LogP contribution is -2.28. The topological polar surface area (TPSA) is 41.5 Å². The highest BCUT2D eigenvalue weighted by molar-refractivity contribution is 5.35. The van der Waals surface area contributed by atoms with Crippen LogP contribution in [0, 0.1) is 0 Å². The van der Waals surface area contributed by atoms with Gasteiger partial charge in [0.2, 0.25) is 0 Å². The summed E-state index contributed by atoms with van der Waals surface area (Å²) in [5, 5.41) is 12.4. The van der Waals surface area contributed by atoms with E-state index in [2.05, 4.69) is 10.1 Å². The fraction of sp³-hybridized carbons (Fsp3) is 0.538. The lowest BCUT2D eigenvalue weighted by atomic mass is 10.0. The van der Waals surface area contributed by atoms with Gasteiger partial charge in [-0.1, -0.05) is 25.1 Å². The van der Waals surface area contributed by atoms with Crippen LogP contribution in [0.2, 0.25) is 0 Å². The Bertz CT molecular complexity index is 359. The van der Waals surface area contributed by atoms with Gasteiger partial charge in [-0.3, -0.25) is 0 Å². The van der Waals surface area contributed by atoms with Crippen LogP contribution < -0.4 is 10.1 Å². The second-order valence-corrected chi connectivity index (χ2v) is 4.13. The minimum absolute atomic E-state index is 0.116. The molecule has 0 saturated carbocycles. The highest BCUT2D eigenvalue weighted by atomic mass is 19.3. The van der Waals surface area contributed by atoms with E-state index in [4.69, 9.17) is 0 Å². The van der Waals surface area contributed by atoms with Crippen molar-refractivity contribution in [1.82, 2.24) is 5.32 Å². The molecular formula is C13H19F2NO2. The van der Waals surface area contributed by atoms with Crippen molar-refractivity contribution < 1.29 is 18.6 Å². The van der Waals surface area contributed by atoms with Gasteiger partial charge in [-0.15, -0.1) is 0 Å². The van der Waals surface area contributed by atoms with Gasteiger partial charge in [-0.2, -0.15) is 8.78 Å². The molecule has 1 rings (SSSR count). The maximum atomic E-state index is 12.3. The average Bonchev–Trinajstić information content (AvgIpc) is 2.30. The van der Waals surface area contributed by atoms with E-state index in [1.807, 2.05) is 6.92 Å². The monoisotopic (exact) mass is 259 g/mol. The van der Waals surface area contributed by atoms with Crippen LogP contribution >= 0.6 is 0 Å². The second kappa shape index (κ2) is 7.28. The van der Waals surface area contributed by atoms with Crippen molar-refractivity contribution >= 4 is 0 Å². The SMILES string of the molecule is CCC(NCC(C)O)c1ccccc1OC(F)F. The summed E-state index contributed by atoms with van der Waals surface area (Å²) >= 11 is 0. The first kappa shape index (κ1) is 14.9. The standard InChI is InChI=1S/C13H19F2NO2/c1-3-11(16-8-9(2)17)10-6-4-5-7-12(10)18-13(14)15/h4-7,9,11,13,16-17H,3,8H2,1-2H3. The quantitative estimate of drug-likeness (QED) is 0.791. The Hall–Kier alpha value is -1.20. The Balaban J connectivity index is 2.83. The fourth-order valence-corrected chi connectivity index (χ4v) is 1.76. The summed E-state index contributed by atoms with van der Waals surface area (Å²) in [5.74, 6) is 0.178. The van der Waals surface area contributed by atoms with E-state index in [-0.39, 0.29) is 11.8 Å². The third-order valence-electron chi connectivity index (χ3n) is 2.58. The number of rotatable bonds is 7. The molecule has 0 aliphatic heterocycles. The third kappa shape index (κ3) is 4.58. The van der Waals surface area contributed by atoms with Crippen molar-refractivity contribution in [3.8, 4) is 5.75 Å². The number of alkyl halides is 2. The predicted octanol–water partition coefficient (Wildman–Crippen LogP) is 2.71. The summed E-state index contributed by atoms with van der Waals surface area (Å²) in [7, 11) is 0. The molecule has 2 N–H and O–H groups in total. The van der Waals surface area contributed by atoms with Crippen molar-refractivity contribution in [3.63, 3.8) is 0 Å². The van der Waals surface area contributed by atoms with Crippen LogP contribution in [-0.4, -0.2) is 24.4 Å². The second-order valence-electron chi connectivity index (χ2n) is 4.13. The summed E-state index contributed by atoms with van der Waals surface area (Å²) in [6.45, 7) is 1.18. The van der Waals surface area contributed by atoms with Crippen LogP contribution in [0.3, 0.4) is 0 Å². The predicted molar refractivity (Wildman–Crippen MR) is 65.8 cm³/mol. The first-order chi connectivity index (χ1) is 8.54. The molecule has 1 aromatic rings. The van der Waals surface area contributed by atoms with Crippen LogP contribution in [0.5, 0.6) is 5.75 Å². The summed E-state index contributed by atoms with van der Waals surface area (Å²) in [5.41, 5.74) is 0.681. The Labute approximate surface area is 106 Å². The van der Waals surface area contributed by atoms with Crippen LogP contribution in [0.25, 0.3) is 0 Å². The van der Waals surface area contributed by atoms with Gasteiger partial charge in [0.15, 0.2) is 0 Å². The molecule has 0 fully saturated rings. The number of benzene rings is 1. The van der Waals surface area contributed by atoms with Gasteiger partial charge in [0, 0.05) is 18.2 Å². The zero-order chi connectivity index (χ0) is 13.5. The Morgan fingerprint density at radius 2 is 2.00 bits per heavy atom. The Kier molecular flexibility index (Phi) is 6.01. The molecule has 1 aromatic carbocycles. The molecular weight excluding hydrogens is 240 g/mol. The lowest BCUT2D eigenvalue weighted by molar-refractivity contribution is -0.0507. The van der Waals surface area contributed by atoms with Crippen molar-refractivity contribution in [1.29, 1.82) is 0 Å². The van der Waals surface area contributed by atoms with E-state index < -0.39 is 12.7 Å². The van der Waals surface area contributed by atoms with Crippen molar-refractivity contribution in [2.45, 2.75) is 39.0 Å². The van der Waals surface area contributed by atoms with Crippen LogP contribution in [-0.2, 0) is 0 Å². The van der Waals surface area contributed by atoms with Gasteiger partial charge >= 0.3 is 6.61 Å². The number of ether oxygens (including phenoxy) is 1. The normalized spacial score (nSPS) is 14.6. The van der Waals surface area contributed by atoms with Gasteiger partial charge in [0.25, 0.3) is 0 Å². The number of nitrogens with one attached hydrogen (secondary N) is 1. The van der Waals surface area contributed by atoms with Gasteiger partial charge in [-0.25, -0.2) is 0 Å². The molecule has 0 aliphatic carbocycles. The maximum absolute atomic E-state index is 12.3. The summed E-state index contributed by atoms with van der Waals surface area (Å²) in [6, 6.07) is 6.59. The molecule has 0 radical (unpaired) electrons. The van der Waals surface area contributed by atoms with Crippen LogP contribution in [0.15, 0.2) is 24.3 Å². The molecule has 0 saturated heterocycles. The molecule has 0 aromatic heterocycles. The van der Waals surface area contributed by atoms with Gasteiger partial charge in [0.1, 0.15) is 5.75 Å². The summed E-state index contributed by atoms with van der Waals surface area (Å²) < 4.78 is 29.1. The molecule has 0 heterocycles. The molecule has 0 aliphatic rings. The molecule has 5 heteroatoms. The number of para-hydroxylation sites is 1. The fourth-order valence-electron chi connectivity index (χ4n) is 1.76. The van der Waals surface area contributed by atoms with E-state index in [1.165, 1.54) is 6.07 Å². The lowest BCUT2D eigenvalue weighted by Gasteiger charge is -2.21. The van der Waals surface area contributed by atoms with Crippen molar-refractivity contribution in [2.75, 3.05) is 6.54 Å². The van der Waals surface area contributed by atoms with E-state index in [9.17, 15) is 13.9 Å². The largest absolute Gasteiger partial charge is 0.434 e. The number of halogens is 2. The van der Waals surface area contributed by atoms with E-state index >= 15 is 0 Å². The van der Waals surface area contributed by atoms with Crippen molar-refractivity contribution in [3.05, 3.63) is 29.8 Å². The number of hydrogen-bond acceptors (Lipinski definition) is 3. The molecule has 2 unspecified atom stereocenters. The van der Waals surface area contributed by atoms with Gasteiger partial charge < -0.3 is 15.2 Å².